The zero-order valence-electron chi connectivity index (χ0n) is 16.9. The second kappa shape index (κ2) is 8.67. The van der Waals surface area contributed by atoms with Crippen LogP contribution in [0.5, 0.6) is 0 Å². The Bertz CT molecular complexity index is 1140. The Morgan fingerprint density at radius 2 is 0.903 bits per heavy atom. The molecule has 4 aromatic rings. The molecule has 152 valence electrons. The van der Waals surface area contributed by atoms with E-state index >= 15 is 0 Å². The highest BCUT2D eigenvalue weighted by atomic mass is 16.1. The average molecular weight is 406 g/mol. The Kier molecular flexibility index (Phi) is 5.63. The molecule has 0 spiro atoms. The summed E-state index contributed by atoms with van der Waals surface area (Å²) in [5.41, 5.74) is 17.3. The lowest BCUT2D eigenvalue weighted by Crippen LogP contribution is -2.03. The molecule has 0 aliphatic carbocycles. The van der Waals surface area contributed by atoms with Crippen LogP contribution in [0.25, 0.3) is 0 Å². The van der Waals surface area contributed by atoms with Crippen LogP contribution in [0, 0.1) is 0 Å². The summed E-state index contributed by atoms with van der Waals surface area (Å²) in [7, 11) is 0. The maximum absolute atomic E-state index is 12.6. The van der Waals surface area contributed by atoms with Crippen LogP contribution < -0.4 is 11.5 Å². The van der Waals surface area contributed by atoms with Crippen molar-refractivity contribution < 1.29 is 9.59 Å². The molecule has 0 bridgehead atoms. The van der Waals surface area contributed by atoms with Crippen molar-refractivity contribution in [2.45, 2.75) is 6.42 Å². The molecule has 0 saturated carbocycles. The average Bonchev–Trinajstić information content (AvgIpc) is 2.79. The van der Waals surface area contributed by atoms with Crippen LogP contribution in [0.3, 0.4) is 0 Å². The van der Waals surface area contributed by atoms with Crippen molar-refractivity contribution in [1.29, 1.82) is 0 Å². The fraction of sp³-hybridized carbons (Fsp3) is 0.0370. The van der Waals surface area contributed by atoms with Crippen molar-refractivity contribution >= 4 is 22.9 Å². The highest BCUT2D eigenvalue weighted by Crippen LogP contribution is 2.18. The number of carbonyl (C=O) groups excluding carboxylic acids is 2. The Balaban J connectivity index is 1.45. The number of hydrogen-bond acceptors (Lipinski definition) is 4. The first kappa shape index (κ1) is 20.1. The molecule has 0 amide bonds. The third kappa shape index (κ3) is 4.70. The zero-order valence-corrected chi connectivity index (χ0v) is 16.9. The van der Waals surface area contributed by atoms with Gasteiger partial charge in [0, 0.05) is 33.6 Å². The van der Waals surface area contributed by atoms with Crippen LogP contribution in [0.15, 0.2) is 97.1 Å². The van der Waals surface area contributed by atoms with Gasteiger partial charge in [-0.15, -0.1) is 0 Å². The number of anilines is 2. The number of hydrogen-bond donors (Lipinski definition) is 2. The summed E-state index contributed by atoms with van der Waals surface area (Å²) < 4.78 is 0. The van der Waals surface area contributed by atoms with E-state index in [1.165, 1.54) is 0 Å². The molecule has 4 N–H and O–H groups in total. The standard InChI is InChI=1S/C27H22N2O2/c28-24-5-1-3-22(16-24)26(30)20-11-7-18(8-12-20)15-19-9-13-21(14-10-19)27(31)23-4-2-6-25(29)17-23/h1-14,16-17H,15,28-29H2. The minimum atomic E-state index is -0.0525. The van der Waals surface area contributed by atoms with Gasteiger partial charge < -0.3 is 11.5 Å². The highest BCUT2D eigenvalue weighted by Gasteiger charge is 2.11. The van der Waals surface area contributed by atoms with E-state index in [1.807, 2.05) is 48.5 Å². The van der Waals surface area contributed by atoms with Gasteiger partial charge >= 0.3 is 0 Å². The van der Waals surface area contributed by atoms with Gasteiger partial charge in [0.1, 0.15) is 0 Å². The lowest BCUT2D eigenvalue weighted by molar-refractivity contribution is 0.103. The predicted octanol–water partition coefficient (Wildman–Crippen LogP) is 4.90. The van der Waals surface area contributed by atoms with Crippen LogP contribution in [-0.4, -0.2) is 11.6 Å². The van der Waals surface area contributed by atoms with E-state index in [-0.39, 0.29) is 11.6 Å². The third-order valence-corrected chi connectivity index (χ3v) is 5.14. The summed E-state index contributed by atoms with van der Waals surface area (Å²) in [6.45, 7) is 0. The van der Waals surface area contributed by atoms with Gasteiger partial charge in [0.2, 0.25) is 0 Å². The smallest absolute Gasteiger partial charge is 0.193 e. The van der Waals surface area contributed by atoms with E-state index in [0.29, 0.717) is 40.0 Å². The van der Waals surface area contributed by atoms with E-state index in [9.17, 15) is 9.59 Å². The molecule has 0 saturated heterocycles. The first-order valence-corrected chi connectivity index (χ1v) is 9.98. The first-order valence-electron chi connectivity index (χ1n) is 9.98. The van der Waals surface area contributed by atoms with Gasteiger partial charge in [-0.25, -0.2) is 0 Å². The molecule has 4 nitrogen and oxygen atoms in total. The second-order valence-corrected chi connectivity index (χ2v) is 7.48. The molecule has 0 unspecified atom stereocenters. The molecular weight excluding hydrogens is 384 g/mol. The molecular formula is C27H22N2O2. The first-order chi connectivity index (χ1) is 15.0. The maximum atomic E-state index is 12.6. The molecule has 31 heavy (non-hydrogen) atoms. The van der Waals surface area contributed by atoms with Crippen molar-refractivity contribution in [1.82, 2.24) is 0 Å². The minimum absolute atomic E-state index is 0.0525. The molecule has 0 heterocycles. The lowest BCUT2D eigenvalue weighted by Gasteiger charge is -2.07. The lowest BCUT2D eigenvalue weighted by atomic mass is 9.97. The number of ketones is 2. The topological polar surface area (TPSA) is 86.2 Å². The second-order valence-electron chi connectivity index (χ2n) is 7.48. The molecule has 0 aliphatic rings. The van der Waals surface area contributed by atoms with Gasteiger partial charge in [0.25, 0.3) is 0 Å². The fourth-order valence-electron chi connectivity index (χ4n) is 3.48. The van der Waals surface area contributed by atoms with Gasteiger partial charge in [-0.05, 0) is 41.8 Å². The SMILES string of the molecule is Nc1cccc(C(=O)c2ccc(Cc3ccc(C(=O)c4cccc(N)c4)cc3)cc2)c1. The number of carbonyl (C=O) groups is 2. The van der Waals surface area contributed by atoms with Crippen LogP contribution in [0.1, 0.15) is 43.0 Å². The van der Waals surface area contributed by atoms with E-state index in [0.717, 1.165) is 11.1 Å². The van der Waals surface area contributed by atoms with Crippen molar-refractivity contribution in [3.63, 3.8) is 0 Å². The van der Waals surface area contributed by atoms with Crippen molar-refractivity contribution in [2.24, 2.45) is 0 Å². The summed E-state index contributed by atoms with van der Waals surface area (Å²) in [6.07, 6.45) is 0.708. The maximum Gasteiger partial charge on any atom is 0.193 e. The molecule has 4 rings (SSSR count). The largest absolute Gasteiger partial charge is 0.399 e. The van der Waals surface area contributed by atoms with Crippen molar-refractivity contribution in [2.75, 3.05) is 11.5 Å². The van der Waals surface area contributed by atoms with E-state index in [4.69, 9.17) is 11.5 Å². The molecule has 0 atom stereocenters. The van der Waals surface area contributed by atoms with E-state index in [1.54, 1.807) is 48.5 Å². The molecule has 0 aliphatic heterocycles. The Hall–Kier alpha value is -4.18. The Labute approximate surface area is 181 Å². The molecule has 0 radical (unpaired) electrons. The number of rotatable bonds is 6. The third-order valence-electron chi connectivity index (χ3n) is 5.14. The van der Waals surface area contributed by atoms with Gasteiger partial charge in [-0.3, -0.25) is 9.59 Å². The van der Waals surface area contributed by atoms with Crippen molar-refractivity contribution in [3.8, 4) is 0 Å². The summed E-state index contributed by atoms with van der Waals surface area (Å²) >= 11 is 0. The van der Waals surface area contributed by atoms with Gasteiger partial charge in [0.15, 0.2) is 11.6 Å². The molecule has 4 aromatic carbocycles. The van der Waals surface area contributed by atoms with Crippen LogP contribution in [0.2, 0.25) is 0 Å². The monoisotopic (exact) mass is 406 g/mol. The summed E-state index contributed by atoms with van der Waals surface area (Å²) in [4.78, 5) is 25.2. The summed E-state index contributed by atoms with van der Waals surface area (Å²) in [6, 6.07) is 29.1. The number of nitrogen functional groups attached to an aromatic ring is 2. The van der Waals surface area contributed by atoms with E-state index in [2.05, 4.69) is 0 Å². The fourth-order valence-corrected chi connectivity index (χ4v) is 3.48. The van der Waals surface area contributed by atoms with Gasteiger partial charge in [-0.2, -0.15) is 0 Å². The van der Waals surface area contributed by atoms with Crippen LogP contribution in [-0.2, 0) is 6.42 Å². The number of nitrogens with two attached hydrogens (primary N) is 2. The molecule has 0 fully saturated rings. The normalized spacial score (nSPS) is 10.6. The summed E-state index contributed by atoms with van der Waals surface area (Å²) in [5, 5.41) is 0. The summed E-state index contributed by atoms with van der Waals surface area (Å²) in [5.74, 6) is -0.105. The highest BCUT2D eigenvalue weighted by molar-refractivity contribution is 6.10. The van der Waals surface area contributed by atoms with Crippen LogP contribution in [0.4, 0.5) is 11.4 Å². The predicted molar refractivity (Wildman–Crippen MR) is 124 cm³/mol. The van der Waals surface area contributed by atoms with E-state index < -0.39 is 0 Å². The van der Waals surface area contributed by atoms with Crippen molar-refractivity contribution in [3.05, 3.63) is 130 Å². The quantitative estimate of drug-likeness (QED) is 0.352. The number of benzene rings is 4. The molecule has 0 aromatic heterocycles. The Morgan fingerprint density at radius 1 is 0.516 bits per heavy atom. The van der Waals surface area contributed by atoms with Gasteiger partial charge in [0.05, 0.1) is 0 Å². The molecule has 4 heteroatoms. The Morgan fingerprint density at radius 3 is 1.26 bits per heavy atom. The zero-order chi connectivity index (χ0) is 21.8. The van der Waals surface area contributed by atoms with Gasteiger partial charge in [-0.1, -0.05) is 72.8 Å². The minimum Gasteiger partial charge on any atom is -0.399 e. The van der Waals surface area contributed by atoms with Crippen LogP contribution >= 0.6 is 0 Å².